The maximum atomic E-state index is 12.1. The molecule has 5 rings (SSSR count). The van der Waals surface area contributed by atoms with Gasteiger partial charge < -0.3 is 24.0 Å². The average Bonchev–Trinajstić information content (AvgIpc) is 3.48. The van der Waals surface area contributed by atoms with Gasteiger partial charge in [-0.1, -0.05) is 0 Å². The minimum atomic E-state index is -0.395. The summed E-state index contributed by atoms with van der Waals surface area (Å²) < 4.78 is 7.24. The lowest BCUT2D eigenvalue weighted by atomic mass is 10.2. The van der Waals surface area contributed by atoms with Crippen molar-refractivity contribution in [3.63, 3.8) is 0 Å². The largest absolute Gasteiger partial charge is 0.465 e. The number of anilines is 2. The van der Waals surface area contributed by atoms with E-state index in [4.69, 9.17) is 4.74 Å². The third-order valence-electron chi connectivity index (χ3n) is 5.88. The summed E-state index contributed by atoms with van der Waals surface area (Å²) in [6.07, 6.45) is 7.00. The number of rotatable bonds is 5. The fourth-order valence-electron chi connectivity index (χ4n) is 4.03. The van der Waals surface area contributed by atoms with E-state index >= 15 is 0 Å². The molecular formula is C27H31N7O3S2. The van der Waals surface area contributed by atoms with Crippen LogP contribution in [0.3, 0.4) is 0 Å². The topological polar surface area (TPSA) is 96.2 Å². The number of methoxy groups -OCH3 is 1. The van der Waals surface area contributed by atoms with E-state index in [1.807, 2.05) is 81.4 Å². The van der Waals surface area contributed by atoms with E-state index in [0.29, 0.717) is 10.6 Å². The molecule has 0 bridgehead atoms. The number of nitrogens with zero attached hydrogens (tertiary/aromatic N) is 7. The second-order valence-corrected chi connectivity index (χ2v) is 11.4. The van der Waals surface area contributed by atoms with E-state index < -0.39 is 5.97 Å². The Balaban J connectivity index is 0.000000183. The summed E-state index contributed by atoms with van der Waals surface area (Å²) in [5.41, 5.74) is 2.71. The highest BCUT2D eigenvalue weighted by molar-refractivity contribution is 7.25. The molecule has 0 atom stereocenters. The molecule has 0 spiro atoms. The molecule has 0 saturated heterocycles. The molecule has 0 unspecified atom stereocenters. The molecule has 0 aliphatic heterocycles. The average molecular weight is 566 g/mol. The molecule has 0 radical (unpaired) electrons. The van der Waals surface area contributed by atoms with Gasteiger partial charge in [0.2, 0.25) is 0 Å². The number of aryl methyl sites for hydroxylation is 1. The summed E-state index contributed by atoms with van der Waals surface area (Å²) in [4.78, 5) is 45.3. The van der Waals surface area contributed by atoms with Crippen LogP contribution in [-0.4, -0.2) is 81.1 Å². The van der Waals surface area contributed by atoms with E-state index in [0.717, 1.165) is 41.9 Å². The Morgan fingerprint density at radius 1 is 0.949 bits per heavy atom. The third kappa shape index (κ3) is 5.43. The minimum absolute atomic E-state index is 0.0419. The van der Waals surface area contributed by atoms with Gasteiger partial charge in [-0.25, -0.2) is 19.8 Å². The number of fused-ring (bicyclic) bond motifs is 4. The highest BCUT2D eigenvalue weighted by atomic mass is 32.1. The Morgan fingerprint density at radius 2 is 1.54 bits per heavy atom. The quantitative estimate of drug-likeness (QED) is 0.174. The molecule has 204 valence electrons. The number of aromatic nitrogens is 3. The van der Waals surface area contributed by atoms with Gasteiger partial charge in [-0.3, -0.25) is 4.79 Å². The molecular weight excluding hydrogens is 534 g/mol. The summed E-state index contributed by atoms with van der Waals surface area (Å²) in [5, 5.41) is 2.93. The Labute approximate surface area is 234 Å². The molecule has 0 saturated carbocycles. The van der Waals surface area contributed by atoms with Gasteiger partial charge in [-0.2, -0.15) is 0 Å². The number of hydrogen-bond acceptors (Lipinski definition) is 10. The lowest BCUT2D eigenvalue weighted by Crippen LogP contribution is -2.14. The van der Waals surface area contributed by atoms with E-state index in [1.165, 1.54) is 29.8 Å². The van der Waals surface area contributed by atoms with Crippen molar-refractivity contribution in [2.75, 3.05) is 59.2 Å². The fraction of sp³-hybridized carbons (Fsp3) is 0.296. The Hall–Kier alpha value is -4.03. The van der Waals surface area contributed by atoms with E-state index in [1.54, 1.807) is 30.3 Å². The van der Waals surface area contributed by atoms with Crippen LogP contribution in [0.1, 0.15) is 9.67 Å². The van der Waals surface area contributed by atoms with Gasteiger partial charge in [0.05, 0.1) is 24.5 Å². The van der Waals surface area contributed by atoms with Crippen LogP contribution in [0.2, 0.25) is 0 Å². The van der Waals surface area contributed by atoms with Crippen molar-refractivity contribution in [2.45, 2.75) is 0 Å². The number of esters is 1. The normalized spacial score (nSPS) is 11.2. The number of thiophene rings is 2. The second-order valence-electron chi connectivity index (χ2n) is 9.37. The standard InChI is InChI=1S/C14H18N4O2S.C13H13N3OS/c1-17(2)8-16-11-10-9(18(3)4)6-7-15-13(10)21-12(11)14(19)20-5;1-15(2)9-4-6-14-12-10(9)8-5-7-16(3)13(17)11(8)18-12/h6-8H,1-5H3;4-7H,1-3H3. The molecule has 0 amide bonds. The molecule has 5 aromatic rings. The molecule has 39 heavy (non-hydrogen) atoms. The van der Waals surface area contributed by atoms with Gasteiger partial charge in [-0.15, -0.1) is 22.7 Å². The number of pyridine rings is 3. The Bertz CT molecular complexity index is 1750. The SMILES string of the molecule is CN(C)c1ccnc2sc3c(=O)n(C)ccc3c12.COC(=O)c1sc2nccc(N(C)C)c2c1N=CN(C)C. The highest BCUT2D eigenvalue weighted by Crippen LogP contribution is 2.42. The van der Waals surface area contributed by atoms with Crippen LogP contribution >= 0.6 is 22.7 Å². The van der Waals surface area contributed by atoms with Crippen LogP contribution in [0.25, 0.3) is 30.5 Å². The fourth-order valence-corrected chi connectivity index (χ4v) is 6.19. The molecule has 0 aliphatic rings. The smallest absolute Gasteiger partial charge is 0.350 e. The second kappa shape index (κ2) is 11.4. The molecule has 5 heterocycles. The van der Waals surface area contributed by atoms with Crippen molar-refractivity contribution in [1.82, 2.24) is 19.4 Å². The lowest BCUT2D eigenvalue weighted by Gasteiger charge is -2.14. The van der Waals surface area contributed by atoms with Crippen molar-refractivity contribution in [3.05, 3.63) is 52.0 Å². The number of carbonyl (C=O) groups is 1. The van der Waals surface area contributed by atoms with Crippen molar-refractivity contribution in [3.8, 4) is 0 Å². The zero-order valence-electron chi connectivity index (χ0n) is 23.2. The van der Waals surface area contributed by atoms with Crippen LogP contribution in [0.4, 0.5) is 17.1 Å². The highest BCUT2D eigenvalue weighted by Gasteiger charge is 2.22. The van der Waals surface area contributed by atoms with Gasteiger partial charge in [0, 0.05) is 84.4 Å². The maximum absolute atomic E-state index is 12.1. The van der Waals surface area contributed by atoms with Crippen LogP contribution in [-0.2, 0) is 11.8 Å². The van der Waals surface area contributed by atoms with E-state index in [-0.39, 0.29) is 5.56 Å². The van der Waals surface area contributed by atoms with Gasteiger partial charge >= 0.3 is 5.97 Å². The molecule has 12 heteroatoms. The minimum Gasteiger partial charge on any atom is -0.465 e. The van der Waals surface area contributed by atoms with Crippen molar-refractivity contribution < 1.29 is 9.53 Å². The van der Waals surface area contributed by atoms with Gasteiger partial charge in [0.15, 0.2) is 0 Å². The lowest BCUT2D eigenvalue weighted by molar-refractivity contribution is 0.0607. The van der Waals surface area contributed by atoms with E-state index in [2.05, 4.69) is 15.0 Å². The molecule has 0 N–H and O–H groups in total. The van der Waals surface area contributed by atoms with E-state index in [9.17, 15) is 9.59 Å². The van der Waals surface area contributed by atoms with Crippen molar-refractivity contribution >= 4 is 82.6 Å². The monoisotopic (exact) mass is 565 g/mol. The number of carbonyl (C=O) groups excluding carboxylic acids is 1. The molecule has 5 aromatic heterocycles. The zero-order chi connectivity index (χ0) is 28.4. The third-order valence-corrected chi connectivity index (χ3v) is 8.05. The first-order chi connectivity index (χ1) is 18.5. The number of hydrogen-bond donors (Lipinski definition) is 0. The number of aliphatic imine (C=N–C) groups is 1. The Morgan fingerprint density at radius 3 is 2.10 bits per heavy atom. The first-order valence-corrected chi connectivity index (χ1v) is 13.6. The van der Waals surface area contributed by atoms with Gasteiger partial charge in [0.25, 0.3) is 5.56 Å². The summed E-state index contributed by atoms with van der Waals surface area (Å²) in [7, 11) is 14.8. The summed E-state index contributed by atoms with van der Waals surface area (Å²) in [5.74, 6) is -0.395. The maximum Gasteiger partial charge on any atom is 0.350 e. The van der Waals surface area contributed by atoms with Crippen LogP contribution in [0.5, 0.6) is 0 Å². The first-order valence-electron chi connectivity index (χ1n) is 12.0. The molecule has 10 nitrogen and oxygen atoms in total. The van der Waals surface area contributed by atoms with Crippen molar-refractivity contribution in [2.24, 2.45) is 12.0 Å². The predicted molar refractivity (Wildman–Crippen MR) is 164 cm³/mol. The van der Waals surface area contributed by atoms with Crippen LogP contribution in [0.15, 0.2) is 46.6 Å². The molecule has 0 aliphatic carbocycles. The molecule has 0 aromatic carbocycles. The number of ether oxygens (including phenoxy) is 1. The van der Waals surface area contributed by atoms with Crippen LogP contribution < -0.4 is 15.4 Å². The molecule has 0 fully saturated rings. The van der Waals surface area contributed by atoms with Gasteiger partial charge in [0.1, 0.15) is 24.9 Å². The van der Waals surface area contributed by atoms with Crippen LogP contribution in [0, 0.1) is 0 Å². The predicted octanol–water partition coefficient (Wildman–Crippen LogP) is 4.58. The first kappa shape index (κ1) is 28.0. The summed E-state index contributed by atoms with van der Waals surface area (Å²) in [6, 6.07) is 5.88. The Kier molecular flexibility index (Phi) is 8.17. The summed E-state index contributed by atoms with van der Waals surface area (Å²) >= 11 is 2.76. The zero-order valence-corrected chi connectivity index (χ0v) is 24.8. The van der Waals surface area contributed by atoms with Gasteiger partial charge in [-0.05, 0) is 18.2 Å². The van der Waals surface area contributed by atoms with Crippen molar-refractivity contribution in [1.29, 1.82) is 0 Å². The summed E-state index contributed by atoms with van der Waals surface area (Å²) in [6.45, 7) is 0.